The summed E-state index contributed by atoms with van der Waals surface area (Å²) < 4.78 is 13.5. The summed E-state index contributed by atoms with van der Waals surface area (Å²) in [5.41, 5.74) is 0.436. The SMILES string of the molecule is CN(C)[C@H]1CCCN(C(=O)NCCNc2cccc(F)c2C#N)C1. The number of nitrogens with zero attached hydrogens (tertiary/aromatic N) is 3. The van der Waals surface area contributed by atoms with Gasteiger partial charge in [-0.05, 0) is 39.1 Å². The number of hydrogen-bond acceptors (Lipinski definition) is 4. The van der Waals surface area contributed by atoms with Crippen molar-refractivity contribution in [2.24, 2.45) is 0 Å². The normalized spacial score (nSPS) is 17.5. The van der Waals surface area contributed by atoms with E-state index in [4.69, 9.17) is 5.26 Å². The lowest BCUT2D eigenvalue weighted by molar-refractivity contribution is 0.140. The van der Waals surface area contributed by atoms with E-state index in [0.717, 1.165) is 25.9 Å². The van der Waals surface area contributed by atoms with Gasteiger partial charge in [0.1, 0.15) is 17.4 Å². The van der Waals surface area contributed by atoms with Crippen LogP contribution in [-0.2, 0) is 0 Å². The van der Waals surface area contributed by atoms with Crippen molar-refractivity contribution in [3.8, 4) is 6.07 Å². The molecule has 1 fully saturated rings. The second-order valence-corrected chi connectivity index (χ2v) is 6.14. The molecule has 1 atom stereocenters. The summed E-state index contributed by atoms with van der Waals surface area (Å²) in [5.74, 6) is -0.547. The molecule has 1 aliphatic heterocycles. The Morgan fingerprint density at radius 1 is 1.46 bits per heavy atom. The van der Waals surface area contributed by atoms with Crippen LogP contribution >= 0.6 is 0 Å². The number of benzene rings is 1. The maximum absolute atomic E-state index is 13.5. The highest BCUT2D eigenvalue weighted by Gasteiger charge is 2.24. The maximum atomic E-state index is 13.5. The highest BCUT2D eigenvalue weighted by atomic mass is 19.1. The van der Waals surface area contributed by atoms with Gasteiger partial charge in [-0.3, -0.25) is 0 Å². The number of urea groups is 1. The molecule has 0 radical (unpaired) electrons. The highest BCUT2D eigenvalue weighted by molar-refractivity contribution is 5.74. The second-order valence-electron chi connectivity index (χ2n) is 6.14. The highest BCUT2D eigenvalue weighted by Crippen LogP contribution is 2.17. The summed E-state index contributed by atoms with van der Waals surface area (Å²) in [7, 11) is 4.06. The van der Waals surface area contributed by atoms with Gasteiger partial charge in [-0.15, -0.1) is 0 Å². The minimum absolute atomic E-state index is 0.00585. The number of halogens is 1. The number of nitrogens with one attached hydrogen (secondary N) is 2. The molecule has 1 aliphatic rings. The first-order valence-corrected chi connectivity index (χ1v) is 8.14. The van der Waals surface area contributed by atoms with Crippen molar-refractivity contribution in [3.05, 3.63) is 29.6 Å². The monoisotopic (exact) mass is 333 g/mol. The Morgan fingerprint density at radius 3 is 2.96 bits per heavy atom. The summed E-state index contributed by atoms with van der Waals surface area (Å²) in [6, 6.07) is 6.61. The van der Waals surface area contributed by atoms with Crippen molar-refractivity contribution in [1.29, 1.82) is 5.26 Å². The molecule has 0 spiro atoms. The maximum Gasteiger partial charge on any atom is 0.317 e. The quantitative estimate of drug-likeness (QED) is 0.807. The Bertz CT molecular complexity index is 613. The van der Waals surface area contributed by atoms with Gasteiger partial charge in [0.2, 0.25) is 0 Å². The van der Waals surface area contributed by atoms with E-state index in [-0.39, 0.29) is 11.6 Å². The second kappa shape index (κ2) is 8.50. The average molecular weight is 333 g/mol. The van der Waals surface area contributed by atoms with Crippen LogP contribution in [0.3, 0.4) is 0 Å². The van der Waals surface area contributed by atoms with E-state index in [0.29, 0.717) is 24.8 Å². The van der Waals surface area contributed by atoms with Crippen molar-refractivity contribution < 1.29 is 9.18 Å². The Morgan fingerprint density at radius 2 is 2.25 bits per heavy atom. The fourth-order valence-corrected chi connectivity index (χ4v) is 2.82. The molecule has 7 heteroatoms. The third-order valence-electron chi connectivity index (χ3n) is 4.26. The van der Waals surface area contributed by atoms with Gasteiger partial charge < -0.3 is 20.4 Å². The summed E-state index contributed by atoms with van der Waals surface area (Å²) in [5, 5.41) is 14.8. The minimum Gasteiger partial charge on any atom is -0.382 e. The first-order valence-electron chi connectivity index (χ1n) is 8.14. The van der Waals surface area contributed by atoms with Gasteiger partial charge in [-0.1, -0.05) is 6.07 Å². The minimum atomic E-state index is -0.547. The number of rotatable bonds is 5. The molecular formula is C17H24FN5O. The Kier molecular flexibility index (Phi) is 6.38. The molecule has 1 aromatic rings. The number of carbonyl (C=O) groups excluding carboxylic acids is 1. The summed E-state index contributed by atoms with van der Waals surface area (Å²) in [6.45, 7) is 2.33. The fourth-order valence-electron chi connectivity index (χ4n) is 2.82. The molecule has 0 unspecified atom stereocenters. The molecule has 0 saturated carbocycles. The summed E-state index contributed by atoms with van der Waals surface area (Å²) in [6.07, 6.45) is 2.11. The molecule has 2 amide bonds. The van der Waals surface area contributed by atoms with E-state index in [9.17, 15) is 9.18 Å². The van der Waals surface area contributed by atoms with Crippen LogP contribution in [0.2, 0.25) is 0 Å². The van der Waals surface area contributed by atoms with E-state index in [1.165, 1.54) is 6.07 Å². The number of hydrogen-bond donors (Lipinski definition) is 2. The number of likely N-dealkylation sites (N-methyl/N-ethyl adjacent to an activating group) is 1. The van der Waals surface area contributed by atoms with E-state index >= 15 is 0 Å². The van der Waals surface area contributed by atoms with Crippen molar-refractivity contribution in [3.63, 3.8) is 0 Å². The van der Waals surface area contributed by atoms with Crippen LogP contribution < -0.4 is 10.6 Å². The third kappa shape index (κ3) is 4.59. The van der Waals surface area contributed by atoms with E-state index in [2.05, 4.69) is 15.5 Å². The van der Waals surface area contributed by atoms with Crippen LogP contribution in [0, 0.1) is 17.1 Å². The standard InChI is InChI=1S/C17H24FN5O/c1-22(2)13-5-4-10-23(12-13)17(24)21-9-8-20-16-7-3-6-15(18)14(16)11-19/h3,6-7,13,20H,4-5,8-10,12H2,1-2H3,(H,21,24)/t13-/m0/s1. The van der Waals surface area contributed by atoms with Gasteiger partial charge >= 0.3 is 6.03 Å². The van der Waals surface area contributed by atoms with Crippen LogP contribution in [0.4, 0.5) is 14.9 Å². The molecule has 0 aliphatic carbocycles. The summed E-state index contributed by atoms with van der Waals surface area (Å²) in [4.78, 5) is 16.2. The van der Waals surface area contributed by atoms with Crippen molar-refractivity contribution in [2.75, 3.05) is 45.6 Å². The lowest BCUT2D eigenvalue weighted by atomic mass is 10.1. The molecule has 6 nitrogen and oxygen atoms in total. The first-order chi connectivity index (χ1) is 11.5. The van der Waals surface area contributed by atoms with Crippen LogP contribution in [0.1, 0.15) is 18.4 Å². The zero-order valence-electron chi connectivity index (χ0n) is 14.2. The molecule has 1 saturated heterocycles. The molecule has 24 heavy (non-hydrogen) atoms. The van der Waals surface area contributed by atoms with Gasteiger partial charge in [0.15, 0.2) is 0 Å². The topological polar surface area (TPSA) is 71.4 Å². The van der Waals surface area contributed by atoms with Crippen LogP contribution in [0.5, 0.6) is 0 Å². The Hall–Kier alpha value is -2.33. The van der Waals surface area contributed by atoms with Gasteiger partial charge in [0.05, 0.1) is 5.69 Å². The summed E-state index contributed by atoms with van der Waals surface area (Å²) >= 11 is 0. The molecule has 0 bridgehead atoms. The number of amides is 2. The van der Waals surface area contributed by atoms with E-state index in [1.807, 2.05) is 25.1 Å². The molecular weight excluding hydrogens is 309 g/mol. The largest absolute Gasteiger partial charge is 0.382 e. The smallest absolute Gasteiger partial charge is 0.317 e. The lowest BCUT2D eigenvalue weighted by Crippen LogP contribution is -2.51. The fraction of sp³-hybridized carbons (Fsp3) is 0.529. The van der Waals surface area contributed by atoms with Crippen LogP contribution in [-0.4, -0.2) is 62.1 Å². The number of nitriles is 1. The van der Waals surface area contributed by atoms with Gasteiger partial charge in [-0.2, -0.15) is 5.26 Å². The lowest BCUT2D eigenvalue weighted by Gasteiger charge is -2.36. The number of anilines is 1. The number of carbonyl (C=O) groups is 1. The van der Waals surface area contributed by atoms with Crippen LogP contribution in [0.25, 0.3) is 0 Å². The van der Waals surface area contributed by atoms with Crippen molar-refractivity contribution >= 4 is 11.7 Å². The van der Waals surface area contributed by atoms with E-state index in [1.54, 1.807) is 12.1 Å². The molecule has 0 aromatic heterocycles. The van der Waals surface area contributed by atoms with Gasteiger partial charge in [0, 0.05) is 32.2 Å². The van der Waals surface area contributed by atoms with Crippen molar-refractivity contribution in [2.45, 2.75) is 18.9 Å². The number of likely N-dealkylation sites (tertiary alicyclic amines) is 1. The third-order valence-corrected chi connectivity index (χ3v) is 4.26. The Labute approximate surface area is 142 Å². The van der Waals surface area contributed by atoms with Crippen LogP contribution in [0.15, 0.2) is 18.2 Å². The van der Waals surface area contributed by atoms with Gasteiger partial charge in [0.25, 0.3) is 0 Å². The predicted molar refractivity (Wildman–Crippen MR) is 91.3 cm³/mol. The zero-order chi connectivity index (χ0) is 17.5. The molecule has 1 heterocycles. The van der Waals surface area contributed by atoms with Gasteiger partial charge in [-0.25, -0.2) is 9.18 Å². The molecule has 130 valence electrons. The molecule has 2 N–H and O–H groups in total. The molecule has 1 aromatic carbocycles. The predicted octanol–water partition coefficient (Wildman–Crippen LogP) is 1.84. The number of piperidine rings is 1. The first kappa shape index (κ1) is 18.0. The zero-order valence-corrected chi connectivity index (χ0v) is 14.2. The Balaban J connectivity index is 1.77. The molecule has 2 rings (SSSR count). The van der Waals surface area contributed by atoms with E-state index < -0.39 is 5.82 Å². The average Bonchev–Trinajstić information content (AvgIpc) is 2.58. The van der Waals surface area contributed by atoms with Crippen molar-refractivity contribution in [1.82, 2.24) is 15.1 Å².